The van der Waals surface area contributed by atoms with Gasteiger partial charge in [0.25, 0.3) is 0 Å². The first-order chi connectivity index (χ1) is 8.93. The maximum Gasteiger partial charge on any atom is 0.237 e. The van der Waals surface area contributed by atoms with Crippen molar-refractivity contribution >= 4 is 22.4 Å². The highest BCUT2D eigenvalue weighted by Crippen LogP contribution is 2.19. The summed E-state index contributed by atoms with van der Waals surface area (Å²) in [5.41, 5.74) is 2.61. The number of aryl methyl sites for hydroxylation is 2. The Kier molecular flexibility index (Phi) is 6.14. The summed E-state index contributed by atoms with van der Waals surface area (Å²) in [6.07, 6.45) is -1.05. The standard InChI is InChI=1S/C13H19NO4S/c1-9-4-3-5-10(2)13(9)14-12(17)8-19(18)7-11(16)6-15/h3-5,11,15-16H,6-8H2,1-2H3,(H,14,17). The lowest BCUT2D eigenvalue weighted by Crippen LogP contribution is -2.27. The molecular weight excluding hydrogens is 266 g/mol. The van der Waals surface area contributed by atoms with E-state index >= 15 is 0 Å². The smallest absolute Gasteiger partial charge is 0.237 e. The molecule has 0 radical (unpaired) electrons. The molecule has 19 heavy (non-hydrogen) atoms. The number of aliphatic hydroxyl groups is 2. The van der Waals surface area contributed by atoms with Crippen molar-refractivity contribution in [2.75, 3.05) is 23.4 Å². The highest BCUT2D eigenvalue weighted by molar-refractivity contribution is 7.85. The first kappa shape index (κ1) is 15.8. The second-order valence-electron chi connectivity index (χ2n) is 4.40. The van der Waals surface area contributed by atoms with Gasteiger partial charge in [0, 0.05) is 16.5 Å². The van der Waals surface area contributed by atoms with Crippen LogP contribution in [0.5, 0.6) is 0 Å². The fraction of sp³-hybridized carbons (Fsp3) is 0.462. The van der Waals surface area contributed by atoms with E-state index in [1.165, 1.54) is 0 Å². The number of hydrogen-bond acceptors (Lipinski definition) is 4. The molecule has 0 bridgehead atoms. The zero-order valence-corrected chi connectivity index (χ0v) is 11.9. The predicted molar refractivity (Wildman–Crippen MR) is 75.5 cm³/mol. The van der Waals surface area contributed by atoms with Crippen LogP contribution in [0.25, 0.3) is 0 Å². The second-order valence-corrected chi connectivity index (χ2v) is 5.90. The minimum Gasteiger partial charge on any atom is -0.394 e. The van der Waals surface area contributed by atoms with Crippen LogP contribution in [0.15, 0.2) is 18.2 Å². The fourth-order valence-corrected chi connectivity index (χ4v) is 2.68. The monoisotopic (exact) mass is 285 g/mol. The molecule has 0 aromatic heterocycles. The highest BCUT2D eigenvalue weighted by Gasteiger charge is 2.14. The van der Waals surface area contributed by atoms with Gasteiger partial charge in [-0.1, -0.05) is 18.2 Å². The summed E-state index contributed by atoms with van der Waals surface area (Å²) < 4.78 is 11.6. The molecule has 0 aliphatic heterocycles. The number of carbonyl (C=O) groups is 1. The molecule has 0 fully saturated rings. The van der Waals surface area contributed by atoms with Gasteiger partial charge in [-0.2, -0.15) is 0 Å². The molecule has 2 unspecified atom stereocenters. The van der Waals surface area contributed by atoms with Crippen LogP contribution < -0.4 is 5.32 Å². The van der Waals surface area contributed by atoms with Crippen LogP contribution in [0.1, 0.15) is 11.1 Å². The molecule has 0 saturated heterocycles. The van der Waals surface area contributed by atoms with Gasteiger partial charge >= 0.3 is 0 Å². The number of hydrogen-bond donors (Lipinski definition) is 3. The average molecular weight is 285 g/mol. The maximum absolute atomic E-state index is 11.7. The first-order valence-electron chi connectivity index (χ1n) is 5.94. The van der Waals surface area contributed by atoms with E-state index in [9.17, 15) is 9.00 Å². The lowest BCUT2D eigenvalue weighted by atomic mass is 10.1. The molecule has 6 heteroatoms. The molecule has 0 aliphatic rings. The van der Waals surface area contributed by atoms with Crippen molar-refractivity contribution in [2.24, 2.45) is 0 Å². The van der Waals surface area contributed by atoms with E-state index in [0.717, 1.165) is 16.8 Å². The van der Waals surface area contributed by atoms with Gasteiger partial charge in [0.15, 0.2) is 0 Å². The zero-order chi connectivity index (χ0) is 14.4. The molecule has 1 aromatic carbocycles. The summed E-state index contributed by atoms with van der Waals surface area (Å²) >= 11 is 0. The second kappa shape index (κ2) is 7.37. The Morgan fingerprint density at radius 3 is 2.47 bits per heavy atom. The van der Waals surface area contributed by atoms with Gasteiger partial charge in [0.05, 0.1) is 18.5 Å². The summed E-state index contributed by atoms with van der Waals surface area (Å²) in [7, 11) is -1.49. The first-order valence-corrected chi connectivity index (χ1v) is 7.42. The van der Waals surface area contributed by atoms with E-state index in [1.54, 1.807) is 0 Å². The quantitative estimate of drug-likeness (QED) is 0.703. The Morgan fingerprint density at radius 2 is 1.95 bits per heavy atom. The Hall–Kier alpha value is -1.24. The highest BCUT2D eigenvalue weighted by atomic mass is 32.2. The molecule has 5 nitrogen and oxygen atoms in total. The van der Waals surface area contributed by atoms with E-state index < -0.39 is 23.5 Å². The van der Waals surface area contributed by atoms with E-state index in [1.807, 2.05) is 32.0 Å². The Morgan fingerprint density at radius 1 is 1.37 bits per heavy atom. The van der Waals surface area contributed by atoms with Crippen molar-refractivity contribution in [3.05, 3.63) is 29.3 Å². The van der Waals surface area contributed by atoms with Crippen molar-refractivity contribution in [3.8, 4) is 0 Å². The van der Waals surface area contributed by atoms with E-state index in [-0.39, 0.29) is 17.4 Å². The molecule has 0 heterocycles. The summed E-state index contributed by atoms with van der Waals surface area (Å²) in [4.78, 5) is 11.7. The third kappa shape index (κ3) is 5.10. The van der Waals surface area contributed by atoms with Crippen LogP contribution in [0.4, 0.5) is 5.69 Å². The lowest BCUT2D eigenvalue weighted by molar-refractivity contribution is -0.113. The van der Waals surface area contributed by atoms with E-state index in [4.69, 9.17) is 10.2 Å². The molecule has 0 aliphatic carbocycles. The third-order valence-corrected chi connectivity index (χ3v) is 3.97. The molecule has 1 aromatic rings. The minimum absolute atomic E-state index is 0.101. The number of nitrogens with one attached hydrogen (secondary N) is 1. The van der Waals surface area contributed by atoms with Crippen LogP contribution in [-0.4, -0.2) is 44.5 Å². The van der Waals surface area contributed by atoms with Gasteiger partial charge in [-0.25, -0.2) is 0 Å². The Bertz CT molecular complexity index is 455. The summed E-state index contributed by atoms with van der Waals surface area (Å²) in [6, 6.07) is 5.67. The minimum atomic E-state index is -1.49. The zero-order valence-electron chi connectivity index (χ0n) is 11.0. The normalized spacial score (nSPS) is 13.9. The Balaban J connectivity index is 2.58. The number of rotatable bonds is 6. The number of benzene rings is 1. The lowest BCUT2D eigenvalue weighted by Gasteiger charge is -2.12. The number of aliphatic hydroxyl groups excluding tert-OH is 2. The summed E-state index contributed by atoms with van der Waals surface area (Å²) in [6.45, 7) is 3.31. The number of anilines is 1. The number of amides is 1. The van der Waals surface area contributed by atoms with Crippen molar-refractivity contribution in [1.29, 1.82) is 0 Å². The van der Waals surface area contributed by atoms with Crippen LogP contribution >= 0.6 is 0 Å². The van der Waals surface area contributed by atoms with Crippen molar-refractivity contribution < 1.29 is 19.2 Å². The van der Waals surface area contributed by atoms with Crippen LogP contribution in [0, 0.1) is 13.8 Å². The van der Waals surface area contributed by atoms with Crippen molar-refractivity contribution in [3.63, 3.8) is 0 Å². The molecule has 0 spiro atoms. The van der Waals surface area contributed by atoms with Gasteiger partial charge in [-0.05, 0) is 25.0 Å². The summed E-state index contributed by atoms with van der Waals surface area (Å²) in [5, 5.41) is 20.5. The molecule has 106 valence electrons. The predicted octanol–water partition coefficient (Wildman–Crippen LogP) is 0.344. The van der Waals surface area contributed by atoms with Crippen LogP contribution in [-0.2, 0) is 15.6 Å². The molecule has 3 N–H and O–H groups in total. The average Bonchev–Trinajstić information content (AvgIpc) is 2.33. The SMILES string of the molecule is Cc1cccc(C)c1NC(=O)CS(=O)CC(O)CO. The van der Waals surface area contributed by atoms with Gasteiger partial charge in [0.2, 0.25) is 5.91 Å². The largest absolute Gasteiger partial charge is 0.394 e. The van der Waals surface area contributed by atoms with Gasteiger partial charge in [-0.15, -0.1) is 0 Å². The third-order valence-electron chi connectivity index (χ3n) is 2.63. The maximum atomic E-state index is 11.7. The van der Waals surface area contributed by atoms with E-state index in [2.05, 4.69) is 5.32 Å². The van der Waals surface area contributed by atoms with Crippen LogP contribution in [0.2, 0.25) is 0 Å². The molecular formula is C13H19NO4S. The molecule has 2 atom stereocenters. The fourth-order valence-electron chi connectivity index (χ4n) is 1.66. The van der Waals surface area contributed by atoms with Crippen molar-refractivity contribution in [1.82, 2.24) is 0 Å². The van der Waals surface area contributed by atoms with Crippen molar-refractivity contribution in [2.45, 2.75) is 20.0 Å². The van der Waals surface area contributed by atoms with Crippen LogP contribution in [0.3, 0.4) is 0 Å². The summed E-state index contributed by atoms with van der Waals surface area (Å²) in [5.74, 6) is -0.650. The van der Waals surface area contributed by atoms with Gasteiger partial charge in [-0.3, -0.25) is 9.00 Å². The number of para-hydroxylation sites is 1. The topological polar surface area (TPSA) is 86.6 Å². The van der Waals surface area contributed by atoms with Gasteiger partial charge in [0.1, 0.15) is 5.75 Å². The molecule has 0 saturated carbocycles. The van der Waals surface area contributed by atoms with Gasteiger partial charge < -0.3 is 15.5 Å². The Labute approximate surface area is 115 Å². The number of carbonyl (C=O) groups excluding carboxylic acids is 1. The molecule has 1 amide bonds. The molecule has 1 rings (SSSR count). The van der Waals surface area contributed by atoms with E-state index in [0.29, 0.717) is 0 Å².